The number of aromatic nitrogens is 3. The Bertz CT molecular complexity index is 3240. The molecular weight excluding hydrogens is 687 g/mol. The zero-order valence-electron chi connectivity index (χ0n) is 30.1. The Labute approximate surface area is 322 Å². The van der Waals surface area contributed by atoms with Crippen LogP contribution in [-0.2, 0) is 0 Å². The SMILES string of the molecule is c1ccc(-c2nc(-c3ccc(-c4ccc(-c5ccc6c(c5)oc5ccccc56)c5oc6ccccc6c45)cc3)cc(-c3cccc(-c4ccccn4)c3)n2)cc1. The minimum absolute atomic E-state index is 0.674. The molecule has 4 heterocycles. The second-order valence-electron chi connectivity index (χ2n) is 14.0. The molecule has 0 radical (unpaired) electrons. The summed E-state index contributed by atoms with van der Waals surface area (Å²) in [6.07, 6.45) is 1.82. The fraction of sp³-hybridized carbons (Fsp3) is 0. The van der Waals surface area contributed by atoms with Gasteiger partial charge in [0.05, 0.1) is 17.1 Å². The first-order valence-corrected chi connectivity index (χ1v) is 18.7. The van der Waals surface area contributed by atoms with Gasteiger partial charge in [0, 0.05) is 55.6 Å². The van der Waals surface area contributed by atoms with Crippen molar-refractivity contribution < 1.29 is 8.83 Å². The molecule has 0 bridgehead atoms. The van der Waals surface area contributed by atoms with Crippen LogP contribution in [-0.4, -0.2) is 15.0 Å². The van der Waals surface area contributed by atoms with Gasteiger partial charge in [-0.2, -0.15) is 0 Å². The quantitative estimate of drug-likeness (QED) is 0.171. The highest BCUT2D eigenvalue weighted by molar-refractivity contribution is 6.17. The van der Waals surface area contributed by atoms with Gasteiger partial charge in [0.2, 0.25) is 0 Å². The van der Waals surface area contributed by atoms with Crippen molar-refractivity contribution in [2.75, 3.05) is 0 Å². The van der Waals surface area contributed by atoms with E-state index in [1.54, 1.807) is 0 Å². The highest BCUT2D eigenvalue weighted by Gasteiger charge is 2.19. The van der Waals surface area contributed by atoms with Crippen LogP contribution in [0.1, 0.15) is 0 Å². The van der Waals surface area contributed by atoms with E-state index >= 15 is 0 Å². The van der Waals surface area contributed by atoms with Gasteiger partial charge in [-0.05, 0) is 71.3 Å². The van der Waals surface area contributed by atoms with E-state index in [0.29, 0.717) is 5.82 Å². The van der Waals surface area contributed by atoms with Gasteiger partial charge < -0.3 is 8.83 Å². The molecular formula is C51H31N3O2. The van der Waals surface area contributed by atoms with Crippen LogP contribution in [0.15, 0.2) is 197 Å². The van der Waals surface area contributed by atoms with E-state index in [1.165, 1.54) is 0 Å². The number of benzene rings is 7. The summed E-state index contributed by atoms with van der Waals surface area (Å²) in [7, 11) is 0. The number of hydrogen-bond acceptors (Lipinski definition) is 5. The van der Waals surface area contributed by atoms with E-state index in [2.05, 4.69) is 120 Å². The zero-order valence-corrected chi connectivity index (χ0v) is 30.1. The summed E-state index contributed by atoms with van der Waals surface area (Å²) in [4.78, 5) is 14.7. The molecule has 0 aliphatic heterocycles. The van der Waals surface area contributed by atoms with E-state index in [4.69, 9.17) is 18.8 Å². The second kappa shape index (κ2) is 13.0. The molecule has 0 unspecified atom stereocenters. The van der Waals surface area contributed by atoms with Gasteiger partial charge in [-0.3, -0.25) is 4.98 Å². The van der Waals surface area contributed by atoms with E-state index in [0.717, 1.165) is 105 Å². The Morgan fingerprint density at radius 3 is 1.77 bits per heavy atom. The van der Waals surface area contributed by atoms with Crippen molar-refractivity contribution in [3.8, 4) is 67.4 Å². The van der Waals surface area contributed by atoms with Crippen molar-refractivity contribution in [1.82, 2.24) is 15.0 Å². The van der Waals surface area contributed by atoms with Gasteiger partial charge in [0.1, 0.15) is 22.3 Å². The smallest absolute Gasteiger partial charge is 0.160 e. The lowest BCUT2D eigenvalue weighted by molar-refractivity contribution is 0.668. The molecule has 0 amide bonds. The number of para-hydroxylation sites is 2. The summed E-state index contributed by atoms with van der Waals surface area (Å²) in [5.41, 5.74) is 14.3. The molecule has 0 atom stereocenters. The Kier molecular flexibility index (Phi) is 7.42. The Hall–Kier alpha value is -7.63. The predicted molar refractivity (Wildman–Crippen MR) is 227 cm³/mol. The minimum atomic E-state index is 0.674. The standard InChI is InChI=1S/C51H31N3O2/c1-2-11-34(12-3-1)51-53-44(31-45(54-51)37-14-10-13-36(29-37)43-17-8-9-28-52-43)33-22-20-32(21-23-33)38-26-27-39(50-49(38)42-16-5-7-19-47(42)56-50)35-24-25-41-40-15-4-6-18-46(40)55-48(41)30-35/h1-31H. The zero-order chi connectivity index (χ0) is 37.0. The molecule has 0 N–H and O–H groups in total. The maximum absolute atomic E-state index is 6.66. The van der Waals surface area contributed by atoms with Gasteiger partial charge >= 0.3 is 0 Å². The lowest BCUT2D eigenvalue weighted by atomic mass is 9.93. The molecule has 5 nitrogen and oxygen atoms in total. The fourth-order valence-electron chi connectivity index (χ4n) is 7.84. The number of fused-ring (bicyclic) bond motifs is 6. The fourth-order valence-corrected chi connectivity index (χ4v) is 7.84. The third-order valence-electron chi connectivity index (χ3n) is 10.6. The highest BCUT2D eigenvalue weighted by atomic mass is 16.3. The van der Waals surface area contributed by atoms with Crippen molar-refractivity contribution in [2.45, 2.75) is 0 Å². The largest absolute Gasteiger partial charge is 0.456 e. The molecule has 11 aromatic rings. The van der Waals surface area contributed by atoms with Crippen LogP contribution in [0.25, 0.3) is 111 Å². The normalized spacial score (nSPS) is 11.6. The Morgan fingerprint density at radius 2 is 0.964 bits per heavy atom. The molecule has 0 saturated carbocycles. The van der Waals surface area contributed by atoms with E-state index in [9.17, 15) is 0 Å². The molecule has 0 aliphatic carbocycles. The molecule has 0 fully saturated rings. The molecule has 56 heavy (non-hydrogen) atoms. The number of nitrogens with zero attached hydrogens (tertiary/aromatic N) is 3. The van der Waals surface area contributed by atoms with Crippen LogP contribution in [0, 0.1) is 0 Å². The van der Waals surface area contributed by atoms with Crippen LogP contribution >= 0.6 is 0 Å². The van der Waals surface area contributed by atoms with Crippen LogP contribution in [0.5, 0.6) is 0 Å². The summed E-state index contributed by atoms with van der Waals surface area (Å²) in [5.74, 6) is 0.674. The van der Waals surface area contributed by atoms with Crippen molar-refractivity contribution >= 4 is 43.9 Å². The van der Waals surface area contributed by atoms with Gasteiger partial charge in [-0.15, -0.1) is 0 Å². The van der Waals surface area contributed by atoms with Gasteiger partial charge in [0.15, 0.2) is 5.82 Å². The lowest BCUT2D eigenvalue weighted by Crippen LogP contribution is -1.96. The number of pyridine rings is 1. The van der Waals surface area contributed by atoms with Crippen molar-refractivity contribution in [2.24, 2.45) is 0 Å². The van der Waals surface area contributed by atoms with Gasteiger partial charge in [-0.1, -0.05) is 127 Å². The number of furan rings is 2. The van der Waals surface area contributed by atoms with E-state index < -0.39 is 0 Å². The third-order valence-corrected chi connectivity index (χ3v) is 10.6. The van der Waals surface area contributed by atoms with Gasteiger partial charge in [0.25, 0.3) is 0 Å². The van der Waals surface area contributed by atoms with Crippen LogP contribution in [0.2, 0.25) is 0 Å². The maximum atomic E-state index is 6.66. The van der Waals surface area contributed by atoms with Crippen LogP contribution < -0.4 is 0 Å². The van der Waals surface area contributed by atoms with Crippen LogP contribution in [0.3, 0.4) is 0 Å². The minimum Gasteiger partial charge on any atom is -0.456 e. The first kappa shape index (κ1) is 31.9. The molecule has 262 valence electrons. The van der Waals surface area contributed by atoms with Gasteiger partial charge in [-0.25, -0.2) is 9.97 Å². The predicted octanol–water partition coefficient (Wildman–Crippen LogP) is 13.7. The average molecular weight is 718 g/mol. The number of hydrogen-bond donors (Lipinski definition) is 0. The van der Waals surface area contributed by atoms with Crippen LogP contribution in [0.4, 0.5) is 0 Å². The summed E-state index contributed by atoms with van der Waals surface area (Å²) in [5, 5.41) is 4.38. The van der Waals surface area contributed by atoms with E-state index in [1.807, 2.05) is 72.9 Å². The monoisotopic (exact) mass is 717 g/mol. The highest BCUT2D eigenvalue weighted by Crippen LogP contribution is 2.43. The molecule has 0 aliphatic rings. The van der Waals surface area contributed by atoms with Crippen molar-refractivity contribution in [3.05, 3.63) is 188 Å². The third kappa shape index (κ3) is 5.45. The molecule has 0 spiro atoms. The lowest BCUT2D eigenvalue weighted by Gasteiger charge is -2.12. The summed E-state index contributed by atoms with van der Waals surface area (Å²) in [6, 6.07) is 62.5. The Balaban J connectivity index is 1.02. The Morgan fingerprint density at radius 1 is 0.339 bits per heavy atom. The molecule has 0 saturated heterocycles. The molecule has 11 rings (SSSR count). The summed E-state index contributed by atoms with van der Waals surface area (Å²) >= 11 is 0. The maximum Gasteiger partial charge on any atom is 0.160 e. The molecule has 5 heteroatoms. The average Bonchev–Trinajstić information content (AvgIpc) is 3.85. The van der Waals surface area contributed by atoms with E-state index in [-0.39, 0.29) is 0 Å². The summed E-state index contributed by atoms with van der Waals surface area (Å²) in [6.45, 7) is 0. The number of rotatable bonds is 6. The topological polar surface area (TPSA) is 65.0 Å². The van der Waals surface area contributed by atoms with Crippen molar-refractivity contribution in [3.63, 3.8) is 0 Å². The summed E-state index contributed by atoms with van der Waals surface area (Å²) < 4.78 is 12.9. The molecule has 7 aromatic carbocycles. The molecule has 4 aromatic heterocycles. The first-order chi connectivity index (χ1) is 27.7. The van der Waals surface area contributed by atoms with Crippen molar-refractivity contribution in [1.29, 1.82) is 0 Å². The second-order valence-corrected chi connectivity index (χ2v) is 14.0. The first-order valence-electron chi connectivity index (χ1n) is 18.7.